The Morgan fingerprint density at radius 1 is 1.47 bits per heavy atom. The Morgan fingerprint density at radius 2 is 2.07 bits per heavy atom. The fourth-order valence-corrected chi connectivity index (χ4v) is 1.45. The maximum atomic E-state index is 11.8. The average molecular weight is 225 g/mol. The Kier molecular flexibility index (Phi) is 3.96. The van der Waals surface area contributed by atoms with Gasteiger partial charge in [-0.15, -0.1) is 0 Å². The SMILES string of the molecule is CCOC(=O)C1CN(CCC(F)(F)F)C1. The first-order valence-corrected chi connectivity index (χ1v) is 4.88. The summed E-state index contributed by atoms with van der Waals surface area (Å²) in [5, 5.41) is 0. The van der Waals surface area contributed by atoms with Crippen LogP contribution in [-0.2, 0) is 9.53 Å². The fourth-order valence-electron chi connectivity index (χ4n) is 1.45. The van der Waals surface area contributed by atoms with Gasteiger partial charge < -0.3 is 9.64 Å². The van der Waals surface area contributed by atoms with Crippen molar-refractivity contribution in [2.75, 3.05) is 26.2 Å². The number of halogens is 3. The minimum atomic E-state index is -4.12. The zero-order chi connectivity index (χ0) is 11.5. The van der Waals surface area contributed by atoms with E-state index < -0.39 is 12.6 Å². The summed E-state index contributed by atoms with van der Waals surface area (Å²) in [4.78, 5) is 12.7. The van der Waals surface area contributed by atoms with Crippen LogP contribution in [0.2, 0.25) is 0 Å². The lowest BCUT2D eigenvalue weighted by molar-refractivity contribution is -0.157. The number of hydrogen-bond donors (Lipinski definition) is 0. The number of esters is 1. The van der Waals surface area contributed by atoms with Crippen molar-refractivity contribution in [1.29, 1.82) is 0 Å². The van der Waals surface area contributed by atoms with E-state index in [1.165, 1.54) is 0 Å². The van der Waals surface area contributed by atoms with E-state index >= 15 is 0 Å². The van der Waals surface area contributed by atoms with Gasteiger partial charge in [-0.05, 0) is 6.92 Å². The summed E-state index contributed by atoms with van der Waals surface area (Å²) in [6, 6.07) is 0. The number of alkyl halides is 3. The number of hydrogen-bond acceptors (Lipinski definition) is 3. The second-order valence-corrected chi connectivity index (χ2v) is 3.57. The second-order valence-electron chi connectivity index (χ2n) is 3.57. The van der Waals surface area contributed by atoms with Crippen LogP contribution in [0.15, 0.2) is 0 Å². The van der Waals surface area contributed by atoms with Crippen LogP contribution >= 0.6 is 0 Å². The largest absolute Gasteiger partial charge is 0.466 e. The molecule has 0 atom stereocenters. The highest BCUT2D eigenvalue weighted by Crippen LogP contribution is 2.23. The molecule has 0 unspecified atom stereocenters. The maximum absolute atomic E-state index is 11.8. The maximum Gasteiger partial charge on any atom is 0.390 e. The van der Waals surface area contributed by atoms with Crippen molar-refractivity contribution in [3.05, 3.63) is 0 Å². The van der Waals surface area contributed by atoms with Gasteiger partial charge in [-0.1, -0.05) is 0 Å². The number of ether oxygens (including phenoxy) is 1. The minimum absolute atomic E-state index is 0.0284. The van der Waals surface area contributed by atoms with Crippen LogP contribution < -0.4 is 0 Å². The third-order valence-electron chi connectivity index (χ3n) is 2.29. The van der Waals surface area contributed by atoms with E-state index in [2.05, 4.69) is 0 Å². The van der Waals surface area contributed by atoms with Crippen molar-refractivity contribution in [2.24, 2.45) is 5.92 Å². The Morgan fingerprint density at radius 3 is 2.53 bits per heavy atom. The summed E-state index contributed by atoms with van der Waals surface area (Å²) in [5.41, 5.74) is 0. The highest BCUT2D eigenvalue weighted by molar-refractivity contribution is 5.73. The molecule has 1 fully saturated rings. The third kappa shape index (κ3) is 4.07. The van der Waals surface area contributed by atoms with Gasteiger partial charge in [0.2, 0.25) is 0 Å². The molecule has 0 saturated carbocycles. The minimum Gasteiger partial charge on any atom is -0.466 e. The zero-order valence-corrected chi connectivity index (χ0v) is 8.51. The predicted octanol–water partition coefficient (Wildman–Crippen LogP) is 1.43. The Bertz CT molecular complexity index is 224. The molecule has 0 bridgehead atoms. The Balaban J connectivity index is 2.13. The van der Waals surface area contributed by atoms with E-state index in [-0.39, 0.29) is 18.4 Å². The van der Waals surface area contributed by atoms with Crippen molar-refractivity contribution >= 4 is 5.97 Å². The lowest BCUT2D eigenvalue weighted by Gasteiger charge is -2.37. The molecule has 0 radical (unpaired) electrons. The van der Waals surface area contributed by atoms with Crippen molar-refractivity contribution in [1.82, 2.24) is 4.90 Å². The number of likely N-dealkylation sites (tertiary alicyclic amines) is 1. The van der Waals surface area contributed by atoms with Crippen LogP contribution in [0.4, 0.5) is 13.2 Å². The first kappa shape index (κ1) is 12.3. The number of carbonyl (C=O) groups excluding carboxylic acids is 1. The molecule has 0 aliphatic carbocycles. The van der Waals surface area contributed by atoms with Gasteiger partial charge in [0.05, 0.1) is 18.9 Å². The van der Waals surface area contributed by atoms with Crippen LogP contribution in [-0.4, -0.2) is 43.3 Å². The molecule has 0 spiro atoms. The Hall–Kier alpha value is -0.780. The highest BCUT2D eigenvalue weighted by Gasteiger charge is 2.36. The lowest BCUT2D eigenvalue weighted by Crippen LogP contribution is -2.51. The molecule has 0 aromatic carbocycles. The van der Waals surface area contributed by atoms with Gasteiger partial charge >= 0.3 is 12.1 Å². The quantitative estimate of drug-likeness (QED) is 0.678. The molecule has 6 heteroatoms. The second kappa shape index (κ2) is 4.83. The van der Waals surface area contributed by atoms with Gasteiger partial charge in [-0.2, -0.15) is 13.2 Å². The van der Waals surface area contributed by atoms with Gasteiger partial charge in [0, 0.05) is 19.6 Å². The number of carbonyl (C=O) groups is 1. The molecule has 1 heterocycles. The van der Waals surface area contributed by atoms with Crippen molar-refractivity contribution in [3.8, 4) is 0 Å². The Labute approximate surface area is 86.2 Å². The van der Waals surface area contributed by atoms with Crippen LogP contribution in [0, 0.1) is 5.92 Å². The molecular formula is C9H14F3NO2. The van der Waals surface area contributed by atoms with E-state index in [1.54, 1.807) is 11.8 Å². The summed E-state index contributed by atoms with van der Waals surface area (Å²) >= 11 is 0. The molecule has 0 amide bonds. The summed E-state index contributed by atoms with van der Waals surface area (Å²) in [6.07, 6.45) is -4.93. The molecule has 1 saturated heterocycles. The fraction of sp³-hybridized carbons (Fsp3) is 0.889. The van der Waals surface area contributed by atoms with E-state index in [0.29, 0.717) is 19.7 Å². The molecule has 1 aliphatic heterocycles. The average Bonchev–Trinajstić information content (AvgIpc) is 1.99. The zero-order valence-electron chi connectivity index (χ0n) is 8.51. The topological polar surface area (TPSA) is 29.5 Å². The van der Waals surface area contributed by atoms with E-state index in [1.807, 2.05) is 0 Å². The van der Waals surface area contributed by atoms with Gasteiger partial charge in [0.25, 0.3) is 0 Å². The molecular weight excluding hydrogens is 211 g/mol. The van der Waals surface area contributed by atoms with Crippen molar-refractivity contribution in [2.45, 2.75) is 19.5 Å². The van der Waals surface area contributed by atoms with Crippen LogP contribution in [0.5, 0.6) is 0 Å². The molecule has 88 valence electrons. The van der Waals surface area contributed by atoms with E-state index in [0.717, 1.165) is 0 Å². The molecule has 1 aliphatic rings. The lowest BCUT2D eigenvalue weighted by atomic mass is 10.0. The number of nitrogens with zero attached hydrogens (tertiary/aromatic N) is 1. The standard InChI is InChI=1S/C9H14F3NO2/c1-2-15-8(14)7-5-13(6-7)4-3-9(10,11)12/h7H,2-6H2,1H3. The van der Waals surface area contributed by atoms with Crippen LogP contribution in [0.1, 0.15) is 13.3 Å². The van der Waals surface area contributed by atoms with Gasteiger partial charge in [0.1, 0.15) is 0 Å². The molecule has 15 heavy (non-hydrogen) atoms. The third-order valence-corrected chi connectivity index (χ3v) is 2.29. The van der Waals surface area contributed by atoms with Gasteiger partial charge in [-0.3, -0.25) is 4.79 Å². The summed E-state index contributed by atoms with van der Waals surface area (Å²) in [5.74, 6) is -0.543. The molecule has 0 N–H and O–H groups in total. The van der Waals surface area contributed by atoms with Gasteiger partial charge in [0.15, 0.2) is 0 Å². The summed E-state index contributed by atoms with van der Waals surface area (Å²) < 4.78 is 40.3. The first-order chi connectivity index (χ1) is 6.92. The monoisotopic (exact) mass is 225 g/mol. The molecule has 0 aromatic rings. The van der Waals surface area contributed by atoms with Crippen LogP contribution in [0.3, 0.4) is 0 Å². The highest BCUT2D eigenvalue weighted by atomic mass is 19.4. The predicted molar refractivity (Wildman–Crippen MR) is 47.2 cm³/mol. The van der Waals surface area contributed by atoms with E-state index in [9.17, 15) is 18.0 Å². The smallest absolute Gasteiger partial charge is 0.390 e. The molecule has 1 rings (SSSR count). The van der Waals surface area contributed by atoms with Crippen molar-refractivity contribution < 1.29 is 22.7 Å². The van der Waals surface area contributed by atoms with Gasteiger partial charge in [-0.25, -0.2) is 0 Å². The molecule has 3 nitrogen and oxygen atoms in total. The van der Waals surface area contributed by atoms with Crippen LogP contribution in [0.25, 0.3) is 0 Å². The summed E-state index contributed by atoms with van der Waals surface area (Å²) in [6.45, 7) is 2.76. The normalized spacial score (nSPS) is 18.7. The molecule has 0 aromatic heterocycles. The summed E-state index contributed by atoms with van der Waals surface area (Å²) in [7, 11) is 0. The van der Waals surface area contributed by atoms with Crippen molar-refractivity contribution in [3.63, 3.8) is 0 Å². The first-order valence-electron chi connectivity index (χ1n) is 4.88. The number of rotatable bonds is 4. The van der Waals surface area contributed by atoms with E-state index in [4.69, 9.17) is 4.74 Å².